The lowest BCUT2D eigenvalue weighted by Crippen LogP contribution is -2.18. The van der Waals surface area contributed by atoms with Crippen LogP contribution in [0.5, 0.6) is 6.01 Å². The summed E-state index contributed by atoms with van der Waals surface area (Å²) >= 11 is 0. The number of hydrogen-bond acceptors (Lipinski definition) is 6. The van der Waals surface area contributed by atoms with Crippen molar-refractivity contribution in [3.05, 3.63) is 0 Å². The van der Waals surface area contributed by atoms with Gasteiger partial charge in [-0.3, -0.25) is 4.72 Å². The summed E-state index contributed by atoms with van der Waals surface area (Å²) in [5.41, 5.74) is 0. The molecule has 0 aromatic carbocycles. The minimum Gasteiger partial charge on any atom is -0.466 e. The lowest BCUT2D eigenvalue weighted by Gasteiger charge is -2.03. The number of methoxy groups -OCH3 is 2. The highest BCUT2D eigenvalue weighted by molar-refractivity contribution is 7.92. The summed E-state index contributed by atoms with van der Waals surface area (Å²) in [6.45, 7) is 0.390. The molecule has 0 aliphatic heterocycles. The highest BCUT2D eigenvalue weighted by Crippen LogP contribution is 2.07. The molecule has 0 unspecified atom stereocenters. The zero-order valence-electron chi connectivity index (χ0n) is 9.06. The molecule has 0 spiro atoms. The van der Waals surface area contributed by atoms with Crippen LogP contribution in [-0.4, -0.2) is 50.2 Å². The van der Waals surface area contributed by atoms with E-state index in [-0.39, 0.29) is 17.7 Å². The zero-order chi connectivity index (χ0) is 12.0. The molecule has 1 rings (SSSR count). The van der Waals surface area contributed by atoms with Gasteiger partial charge in [0.2, 0.25) is 16.0 Å². The number of hydrogen-bond donors (Lipinski definition) is 2. The van der Waals surface area contributed by atoms with E-state index < -0.39 is 10.0 Å². The van der Waals surface area contributed by atoms with Crippen LogP contribution in [0, 0.1) is 0 Å². The van der Waals surface area contributed by atoms with Gasteiger partial charge >= 0.3 is 6.01 Å². The van der Waals surface area contributed by atoms with Crippen LogP contribution in [0.1, 0.15) is 6.42 Å². The van der Waals surface area contributed by atoms with Crippen molar-refractivity contribution in [2.24, 2.45) is 0 Å². The molecule has 1 aromatic heterocycles. The number of anilines is 1. The highest BCUT2D eigenvalue weighted by Gasteiger charge is 2.13. The molecule has 0 aliphatic carbocycles. The molecule has 0 saturated heterocycles. The Kier molecular flexibility index (Phi) is 4.50. The second kappa shape index (κ2) is 5.66. The zero-order valence-corrected chi connectivity index (χ0v) is 9.87. The number of nitrogens with one attached hydrogen (secondary N) is 2. The van der Waals surface area contributed by atoms with Gasteiger partial charge < -0.3 is 9.47 Å². The molecule has 2 N–H and O–H groups in total. The fourth-order valence-corrected chi connectivity index (χ4v) is 1.96. The van der Waals surface area contributed by atoms with Crippen molar-refractivity contribution in [2.45, 2.75) is 6.42 Å². The van der Waals surface area contributed by atoms with Crippen molar-refractivity contribution in [1.82, 2.24) is 15.2 Å². The maximum Gasteiger partial charge on any atom is 0.336 e. The van der Waals surface area contributed by atoms with Crippen molar-refractivity contribution in [3.8, 4) is 6.01 Å². The van der Waals surface area contributed by atoms with E-state index in [1.807, 2.05) is 0 Å². The fraction of sp³-hybridized carbons (Fsp3) is 0.714. The van der Waals surface area contributed by atoms with E-state index in [0.29, 0.717) is 13.0 Å². The lowest BCUT2D eigenvalue weighted by molar-refractivity contribution is 0.199. The molecule has 0 atom stereocenters. The molecule has 0 aliphatic rings. The van der Waals surface area contributed by atoms with Crippen molar-refractivity contribution in [1.29, 1.82) is 0 Å². The standard InChI is InChI=1S/C7H14N4O4S/c1-14-4-3-5-16(12,13)11-6-8-7(15-2)10-9-6/h3-5H2,1-2H3,(H2,8,9,10,11). The lowest BCUT2D eigenvalue weighted by atomic mass is 10.5. The number of ether oxygens (including phenoxy) is 2. The van der Waals surface area contributed by atoms with Crippen LogP contribution in [0.3, 0.4) is 0 Å². The number of sulfonamides is 1. The summed E-state index contributed by atoms with van der Waals surface area (Å²) in [6, 6.07) is 0.0783. The van der Waals surface area contributed by atoms with Gasteiger partial charge in [-0.2, -0.15) is 4.98 Å². The monoisotopic (exact) mass is 250 g/mol. The summed E-state index contributed by atoms with van der Waals surface area (Å²) in [7, 11) is -0.517. The first kappa shape index (κ1) is 12.7. The quantitative estimate of drug-likeness (QED) is 0.637. The average Bonchev–Trinajstić information content (AvgIpc) is 2.65. The third-order valence-electron chi connectivity index (χ3n) is 1.66. The highest BCUT2D eigenvalue weighted by atomic mass is 32.2. The van der Waals surface area contributed by atoms with E-state index in [1.165, 1.54) is 14.2 Å². The van der Waals surface area contributed by atoms with E-state index in [0.717, 1.165) is 0 Å². The van der Waals surface area contributed by atoms with Crippen LogP contribution in [0.2, 0.25) is 0 Å². The molecular formula is C7H14N4O4S. The minimum atomic E-state index is -3.42. The Morgan fingerprint density at radius 3 is 2.75 bits per heavy atom. The van der Waals surface area contributed by atoms with Crippen LogP contribution >= 0.6 is 0 Å². The van der Waals surface area contributed by atoms with Gasteiger partial charge in [0.1, 0.15) is 0 Å². The summed E-state index contributed by atoms with van der Waals surface area (Å²) in [5.74, 6) is -0.00148. The Morgan fingerprint density at radius 1 is 1.44 bits per heavy atom. The van der Waals surface area contributed by atoms with Gasteiger partial charge in [0, 0.05) is 13.7 Å². The molecule has 0 fully saturated rings. The molecule has 9 heteroatoms. The maximum atomic E-state index is 11.5. The van der Waals surface area contributed by atoms with Gasteiger partial charge in [-0.05, 0) is 6.42 Å². The molecule has 0 bridgehead atoms. The molecule has 92 valence electrons. The Morgan fingerprint density at radius 2 is 2.19 bits per heavy atom. The second-order valence-corrected chi connectivity index (χ2v) is 4.78. The first-order valence-electron chi connectivity index (χ1n) is 4.53. The third kappa shape index (κ3) is 4.03. The van der Waals surface area contributed by atoms with Gasteiger partial charge in [0.15, 0.2) is 0 Å². The first-order chi connectivity index (χ1) is 7.57. The molecule has 0 saturated carbocycles. The predicted octanol–water partition coefficient (Wildman–Crippen LogP) is -0.408. The normalized spacial score (nSPS) is 11.4. The smallest absolute Gasteiger partial charge is 0.336 e. The van der Waals surface area contributed by atoms with Crippen LogP contribution in [0.4, 0.5) is 5.95 Å². The third-order valence-corrected chi connectivity index (χ3v) is 2.99. The van der Waals surface area contributed by atoms with Gasteiger partial charge in [-0.15, -0.1) is 5.10 Å². The number of aromatic amines is 1. The first-order valence-corrected chi connectivity index (χ1v) is 6.18. The van der Waals surface area contributed by atoms with Crippen LogP contribution in [-0.2, 0) is 14.8 Å². The number of rotatable bonds is 7. The number of aromatic nitrogens is 3. The SMILES string of the molecule is COCCCS(=O)(=O)Nc1nc(OC)n[nH]1. The number of nitrogens with zero attached hydrogens (tertiary/aromatic N) is 2. The van der Waals surface area contributed by atoms with E-state index in [4.69, 9.17) is 9.47 Å². The van der Waals surface area contributed by atoms with Crippen molar-refractivity contribution in [2.75, 3.05) is 31.3 Å². The summed E-state index contributed by atoms with van der Waals surface area (Å²) in [5, 5.41) is 6.00. The molecular weight excluding hydrogens is 236 g/mol. The van der Waals surface area contributed by atoms with Gasteiger partial charge in [0.25, 0.3) is 0 Å². The summed E-state index contributed by atoms with van der Waals surface area (Å²) in [6.07, 6.45) is 0.414. The van der Waals surface area contributed by atoms with Crippen molar-refractivity contribution < 1.29 is 17.9 Å². The van der Waals surface area contributed by atoms with Gasteiger partial charge in [0.05, 0.1) is 12.9 Å². The molecule has 0 amide bonds. The maximum absolute atomic E-state index is 11.5. The van der Waals surface area contributed by atoms with E-state index in [2.05, 4.69) is 19.9 Å². The number of H-pyrrole nitrogens is 1. The molecule has 1 heterocycles. The van der Waals surface area contributed by atoms with Crippen molar-refractivity contribution in [3.63, 3.8) is 0 Å². The fourth-order valence-electron chi connectivity index (χ4n) is 0.975. The Bertz CT molecular complexity index is 416. The van der Waals surface area contributed by atoms with Crippen molar-refractivity contribution >= 4 is 16.0 Å². The predicted molar refractivity (Wildman–Crippen MR) is 56.8 cm³/mol. The Balaban J connectivity index is 2.51. The molecule has 1 aromatic rings. The Labute approximate surface area is 93.4 Å². The molecule has 8 nitrogen and oxygen atoms in total. The molecule has 0 radical (unpaired) electrons. The van der Waals surface area contributed by atoms with Gasteiger partial charge in [-0.25, -0.2) is 13.5 Å². The summed E-state index contributed by atoms with van der Waals surface area (Å²) in [4.78, 5) is 3.73. The molecule has 16 heavy (non-hydrogen) atoms. The minimum absolute atomic E-state index is 0.0364. The van der Waals surface area contributed by atoms with Gasteiger partial charge in [-0.1, -0.05) is 0 Å². The largest absolute Gasteiger partial charge is 0.466 e. The van der Waals surface area contributed by atoms with E-state index >= 15 is 0 Å². The van der Waals surface area contributed by atoms with Crippen LogP contribution in [0.25, 0.3) is 0 Å². The topological polar surface area (TPSA) is 106 Å². The van der Waals surface area contributed by atoms with Crippen LogP contribution in [0.15, 0.2) is 0 Å². The summed E-state index contributed by atoms with van der Waals surface area (Å²) < 4.78 is 34.7. The Hall–Kier alpha value is -1.35. The van der Waals surface area contributed by atoms with E-state index in [1.54, 1.807) is 0 Å². The van der Waals surface area contributed by atoms with Crippen LogP contribution < -0.4 is 9.46 Å². The average molecular weight is 250 g/mol. The second-order valence-electron chi connectivity index (χ2n) is 2.94. The van der Waals surface area contributed by atoms with E-state index in [9.17, 15) is 8.42 Å².